The van der Waals surface area contributed by atoms with E-state index in [9.17, 15) is 34.5 Å². The highest BCUT2D eigenvalue weighted by molar-refractivity contribution is 7.80. The molecular weight excluding hydrogens is 406 g/mol. The molecule has 0 bridgehead atoms. The number of hydrogen-bond acceptors (Lipinski definition) is 9. The molecule has 0 rings (SSSR count). The highest BCUT2D eigenvalue weighted by Crippen LogP contribution is 2.02. The van der Waals surface area contributed by atoms with E-state index in [4.69, 9.17) is 11.5 Å². The maximum atomic E-state index is 12.3. The number of carboxylic acid groups (broad SMARTS) is 1. The van der Waals surface area contributed by atoms with E-state index in [2.05, 4.69) is 28.6 Å². The van der Waals surface area contributed by atoms with Gasteiger partial charge in [-0.05, 0) is 32.7 Å². The molecule has 13 heteroatoms. The largest absolute Gasteiger partial charge is 0.480 e. The topological polar surface area (TPSA) is 217 Å². The van der Waals surface area contributed by atoms with Gasteiger partial charge in [0.05, 0.1) is 12.7 Å². The molecule has 168 valence electrons. The number of aliphatic hydroxyl groups is 2. The molecule has 0 aliphatic rings. The van der Waals surface area contributed by atoms with Crippen LogP contribution in [-0.4, -0.2) is 88.2 Å². The second kappa shape index (κ2) is 14.1. The summed E-state index contributed by atoms with van der Waals surface area (Å²) < 4.78 is 0. The van der Waals surface area contributed by atoms with Crippen LogP contribution < -0.4 is 27.4 Å². The number of rotatable bonds is 14. The maximum Gasteiger partial charge on any atom is 0.326 e. The van der Waals surface area contributed by atoms with E-state index in [1.165, 1.54) is 6.92 Å². The zero-order valence-electron chi connectivity index (χ0n) is 16.2. The molecule has 0 saturated heterocycles. The Hall–Kier alpha value is -1.93. The molecule has 0 spiro atoms. The molecule has 5 atom stereocenters. The van der Waals surface area contributed by atoms with Crippen LogP contribution in [0.2, 0.25) is 0 Å². The minimum atomic E-state index is -1.43. The Morgan fingerprint density at radius 3 is 1.93 bits per heavy atom. The fourth-order valence-electron chi connectivity index (χ4n) is 2.17. The number of nitrogens with one attached hydrogen (secondary N) is 3. The van der Waals surface area contributed by atoms with Crippen molar-refractivity contribution in [1.29, 1.82) is 0 Å². The van der Waals surface area contributed by atoms with Crippen LogP contribution in [0.1, 0.15) is 26.2 Å². The van der Waals surface area contributed by atoms with Crippen molar-refractivity contribution in [3.8, 4) is 0 Å². The monoisotopic (exact) mass is 437 g/mol. The standard InChI is InChI=1S/C16H31N5O7S/c1-8(23)12(18)15(26)20-10(6-22)13(24)21-11(7-29)14(25)19-9(16(27)28)4-2-3-5-17/h8-12,22-23,29H,2-7,17-18H2,1H3,(H,19,25)(H,20,26)(H,21,24)(H,27,28). The average molecular weight is 438 g/mol. The summed E-state index contributed by atoms with van der Waals surface area (Å²) >= 11 is 3.97. The Bertz CT molecular complexity index is 564. The Kier molecular flexibility index (Phi) is 13.2. The van der Waals surface area contributed by atoms with Gasteiger partial charge in [-0.25, -0.2) is 4.79 Å². The van der Waals surface area contributed by atoms with E-state index in [1.807, 2.05) is 0 Å². The Balaban J connectivity index is 4.94. The summed E-state index contributed by atoms with van der Waals surface area (Å²) in [5.74, 6) is -3.94. The number of carbonyl (C=O) groups excluding carboxylic acids is 3. The van der Waals surface area contributed by atoms with Crippen molar-refractivity contribution < 1.29 is 34.5 Å². The normalized spacial score (nSPS) is 16.1. The third-order valence-corrected chi connectivity index (χ3v) is 4.38. The van der Waals surface area contributed by atoms with E-state index < -0.39 is 60.6 Å². The van der Waals surface area contributed by atoms with Crippen molar-refractivity contribution in [1.82, 2.24) is 16.0 Å². The molecule has 12 nitrogen and oxygen atoms in total. The number of nitrogens with two attached hydrogens (primary N) is 2. The van der Waals surface area contributed by atoms with Gasteiger partial charge in [0.25, 0.3) is 0 Å². The predicted octanol–water partition coefficient (Wildman–Crippen LogP) is -3.72. The van der Waals surface area contributed by atoms with Crippen molar-refractivity contribution in [2.75, 3.05) is 18.9 Å². The molecule has 0 aromatic heterocycles. The molecule has 0 aromatic carbocycles. The molecule has 0 aromatic rings. The maximum absolute atomic E-state index is 12.3. The van der Waals surface area contributed by atoms with Crippen LogP contribution in [0.5, 0.6) is 0 Å². The minimum Gasteiger partial charge on any atom is -0.480 e. The van der Waals surface area contributed by atoms with Crippen LogP contribution in [-0.2, 0) is 19.2 Å². The van der Waals surface area contributed by atoms with Crippen molar-refractivity contribution in [3.63, 3.8) is 0 Å². The molecule has 0 aliphatic carbocycles. The second-order valence-electron chi connectivity index (χ2n) is 6.44. The first-order valence-corrected chi connectivity index (χ1v) is 9.71. The van der Waals surface area contributed by atoms with Crippen LogP contribution in [0.25, 0.3) is 0 Å². The molecular formula is C16H31N5O7S. The lowest BCUT2D eigenvalue weighted by Gasteiger charge is -2.24. The molecule has 10 N–H and O–H groups in total. The third-order valence-electron chi connectivity index (χ3n) is 4.02. The second-order valence-corrected chi connectivity index (χ2v) is 6.80. The van der Waals surface area contributed by atoms with Crippen LogP contribution in [0, 0.1) is 0 Å². The smallest absolute Gasteiger partial charge is 0.326 e. The first kappa shape index (κ1) is 27.1. The van der Waals surface area contributed by atoms with Crippen molar-refractivity contribution in [2.45, 2.75) is 56.5 Å². The molecule has 0 radical (unpaired) electrons. The van der Waals surface area contributed by atoms with Gasteiger partial charge in [-0.1, -0.05) is 0 Å². The number of amides is 3. The molecule has 29 heavy (non-hydrogen) atoms. The Labute approximate surface area is 174 Å². The SMILES string of the molecule is CC(O)C(N)C(=O)NC(CO)C(=O)NC(CS)C(=O)NC(CCCCN)C(=O)O. The van der Waals surface area contributed by atoms with Gasteiger partial charge < -0.3 is 42.7 Å². The lowest BCUT2D eigenvalue weighted by atomic mass is 10.1. The van der Waals surface area contributed by atoms with Gasteiger partial charge in [0.15, 0.2) is 0 Å². The minimum absolute atomic E-state index is 0.161. The van der Waals surface area contributed by atoms with E-state index in [0.717, 1.165) is 0 Å². The summed E-state index contributed by atoms with van der Waals surface area (Å²) in [6.45, 7) is 0.885. The molecule has 0 saturated carbocycles. The van der Waals surface area contributed by atoms with Crippen LogP contribution in [0.4, 0.5) is 0 Å². The summed E-state index contributed by atoms with van der Waals surface area (Å²) in [5.41, 5.74) is 10.8. The number of unbranched alkanes of at least 4 members (excludes halogenated alkanes) is 1. The number of aliphatic carboxylic acids is 1. The molecule has 0 aliphatic heterocycles. The highest BCUT2D eigenvalue weighted by Gasteiger charge is 2.30. The van der Waals surface area contributed by atoms with Gasteiger partial charge in [0.1, 0.15) is 24.2 Å². The third kappa shape index (κ3) is 9.89. The summed E-state index contributed by atoms with van der Waals surface area (Å²) in [5, 5.41) is 34.6. The van der Waals surface area contributed by atoms with Gasteiger partial charge in [0, 0.05) is 5.75 Å². The first-order chi connectivity index (χ1) is 13.6. The summed E-state index contributed by atoms with van der Waals surface area (Å²) in [6.07, 6.45) is 0.0747. The first-order valence-electron chi connectivity index (χ1n) is 9.08. The molecule has 3 amide bonds. The number of aliphatic hydroxyl groups excluding tert-OH is 2. The zero-order chi connectivity index (χ0) is 22.6. The Morgan fingerprint density at radius 1 is 0.966 bits per heavy atom. The van der Waals surface area contributed by atoms with Gasteiger partial charge in [-0.15, -0.1) is 0 Å². The van der Waals surface area contributed by atoms with Crippen LogP contribution in [0.3, 0.4) is 0 Å². The Morgan fingerprint density at radius 2 is 1.48 bits per heavy atom. The van der Waals surface area contributed by atoms with Gasteiger partial charge in [-0.2, -0.15) is 12.6 Å². The summed E-state index contributed by atoms with van der Waals surface area (Å²) in [7, 11) is 0. The van der Waals surface area contributed by atoms with Gasteiger partial charge in [-0.3, -0.25) is 14.4 Å². The van der Waals surface area contributed by atoms with E-state index in [1.54, 1.807) is 0 Å². The lowest BCUT2D eigenvalue weighted by Crippen LogP contribution is -2.59. The fraction of sp³-hybridized carbons (Fsp3) is 0.750. The van der Waals surface area contributed by atoms with Gasteiger partial charge in [0.2, 0.25) is 17.7 Å². The predicted molar refractivity (Wildman–Crippen MR) is 107 cm³/mol. The van der Waals surface area contributed by atoms with Crippen molar-refractivity contribution in [2.24, 2.45) is 11.5 Å². The van der Waals surface area contributed by atoms with Crippen molar-refractivity contribution >= 4 is 36.3 Å². The number of thiol groups is 1. The lowest BCUT2D eigenvalue weighted by molar-refractivity contribution is -0.142. The average Bonchev–Trinajstić information content (AvgIpc) is 2.67. The summed E-state index contributed by atoms with van der Waals surface area (Å²) in [4.78, 5) is 47.7. The fourth-order valence-corrected chi connectivity index (χ4v) is 2.43. The van der Waals surface area contributed by atoms with E-state index in [-0.39, 0.29) is 12.2 Å². The number of carbonyl (C=O) groups is 4. The van der Waals surface area contributed by atoms with Crippen LogP contribution in [0.15, 0.2) is 0 Å². The highest BCUT2D eigenvalue weighted by atomic mass is 32.1. The summed E-state index contributed by atoms with van der Waals surface area (Å²) in [6, 6.07) is -5.11. The molecule has 0 heterocycles. The van der Waals surface area contributed by atoms with E-state index >= 15 is 0 Å². The number of hydrogen-bond donors (Lipinski definition) is 9. The van der Waals surface area contributed by atoms with Gasteiger partial charge >= 0.3 is 5.97 Å². The molecule has 0 fully saturated rings. The van der Waals surface area contributed by atoms with Crippen molar-refractivity contribution in [3.05, 3.63) is 0 Å². The van der Waals surface area contributed by atoms with Crippen LogP contribution >= 0.6 is 12.6 Å². The van der Waals surface area contributed by atoms with E-state index in [0.29, 0.717) is 19.4 Å². The molecule has 5 unspecified atom stereocenters. The zero-order valence-corrected chi connectivity index (χ0v) is 17.1. The quantitative estimate of drug-likeness (QED) is 0.0962. The number of carboxylic acids is 1.